The van der Waals surface area contributed by atoms with Crippen molar-refractivity contribution < 1.29 is 40.4 Å². The molecular weight excluding hydrogens is 476 g/mol. The number of quaternary nitrogens is 1. The van der Waals surface area contributed by atoms with E-state index in [-0.39, 0.29) is 12.2 Å². The Balaban J connectivity index is 2.45. The number of ether oxygens (including phenoxy) is 1. The molecule has 1 aliphatic rings. The lowest BCUT2D eigenvalue weighted by Crippen LogP contribution is -2.57. The zero-order chi connectivity index (χ0) is 25.1. The largest absolute Gasteiger partial charge is 0.456 e. The van der Waals surface area contributed by atoms with Crippen LogP contribution in [0.3, 0.4) is 0 Å². The minimum absolute atomic E-state index is 0.0148. The van der Waals surface area contributed by atoms with E-state index in [1.807, 2.05) is 0 Å². The first kappa shape index (κ1) is 26.7. The molecule has 0 aliphatic heterocycles. The lowest BCUT2D eigenvalue weighted by atomic mass is 9.90. The number of primary amides is 1. The summed E-state index contributed by atoms with van der Waals surface area (Å²) in [5.74, 6) is -0.961. The summed E-state index contributed by atoms with van der Waals surface area (Å²) >= 11 is 5.59. The zero-order valence-corrected chi connectivity index (χ0v) is 18.4. The average Bonchev–Trinajstić information content (AvgIpc) is 2.69. The molecule has 0 saturated heterocycles. The van der Waals surface area contributed by atoms with Crippen LogP contribution in [0, 0.1) is 0 Å². The SMILES string of the molecule is C=CCCCC[N+](C)(C(N)=O)C1=CC=CC(Oc2cc(C(F)(F)F)cc(Cl)n2)(C(F)(F)F)C1. The third kappa shape index (κ3) is 6.08. The van der Waals surface area contributed by atoms with Crippen LogP contribution >= 0.6 is 11.6 Å². The summed E-state index contributed by atoms with van der Waals surface area (Å²) in [6.45, 7) is 3.70. The molecule has 0 saturated carbocycles. The summed E-state index contributed by atoms with van der Waals surface area (Å²) < 4.78 is 86.3. The van der Waals surface area contributed by atoms with Gasteiger partial charge in [0.2, 0.25) is 11.5 Å². The fourth-order valence-corrected chi connectivity index (χ4v) is 3.55. The number of urea groups is 1. The van der Waals surface area contributed by atoms with E-state index in [9.17, 15) is 31.1 Å². The molecule has 2 rings (SSSR count). The van der Waals surface area contributed by atoms with Crippen LogP contribution in [0.5, 0.6) is 5.88 Å². The second-order valence-electron chi connectivity index (χ2n) is 7.74. The van der Waals surface area contributed by atoms with Crippen LogP contribution in [-0.4, -0.2) is 40.9 Å². The minimum Gasteiger partial charge on any atom is -0.456 e. The first-order valence-electron chi connectivity index (χ1n) is 9.80. The molecular formula is C21H23ClF6N3O2+. The van der Waals surface area contributed by atoms with Crippen molar-refractivity contribution in [2.24, 2.45) is 5.73 Å². The second-order valence-corrected chi connectivity index (χ2v) is 8.12. The maximum atomic E-state index is 14.2. The summed E-state index contributed by atoms with van der Waals surface area (Å²) in [4.78, 5) is 15.7. The Morgan fingerprint density at radius 2 is 1.97 bits per heavy atom. The molecule has 0 aromatic carbocycles. The first-order chi connectivity index (χ1) is 15.1. The number of allylic oxidation sites excluding steroid dienone is 3. The van der Waals surface area contributed by atoms with E-state index in [4.69, 9.17) is 22.1 Å². The van der Waals surface area contributed by atoms with Crippen molar-refractivity contribution in [3.05, 3.63) is 59.4 Å². The van der Waals surface area contributed by atoms with E-state index in [1.54, 1.807) is 6.08 Å². The van der Waals surface area contributed by atoms with Crippen molar-refractivity contribution in [3.63, 3.8) is 0 Å². The number of amides is 2. The van der Waals surface area contributed by atoms with Crippen molar-refractivity contribution >= 4 is 17.6 Å². The molecule has 12 heteroatoms. The summed E-state index contributed by atoms with van der Waals surface area (Å²) in [7, 11) is 1.38. The van der Waals surface area contributed by atoms with Gasteiger partial charge in [0.1, 0.15) is 10.9 Å². The van der Waals surface area contributed by atoms with Crippen LogP contribution < -0.4 is 10.5 Å². The summed E-state index contributed by atoms with van der Waals surface area (Å²) in [6, 6.07) is -0.0737. The Morgan fingerprint density at radius 3 is 2.52 bits per heavy atom. The standard InChI is InChI=1S/C21H22ClF6N3O2/c1-3-4-5-6-10-31(2,18(29)32)15-8-7-9-19(13-15,21(26,27)28)33-17-12-14(20(23,24)25)11-16(22)30-17/h3,7-9,11-12H,1,4-6,10,13H2,2H3,(H-,29,32)/p+1. The number of nitrogens with zero attached hydrogens (tertiary/aromatic N) is 2. The highest BCUT2D eigenvalue weighted by atomic mass is 35.5. The highest BCUT2D eigenvalue weighted by Gasteiger charge is 2.59. The van der Waals surface area contributed by atoms with Crippen molar-refractivity contribution in [2.45, 2.75) is 43.6 Å². The van der Waals surface area contributed by atoms with Gasteiger partial charge in [-0.1, -0.05) is 23.8 Å². The van der Waals surface area contributed by atoms with Crippen molar-refractivity contribution in [1.82, 2.24) is 4.98 Å². The van der Waals surface area contributed by atoms with Gasteiger partial charge in [0, 0.05) is 6.07 Å². The van der Waals surface area contributed by atoms with E-state index < -0.39 is 51.5 Å². The number of hydrogen-bond acceptors (Lipinski definition) is 3. The van der Waals surface area contributed by atoms with E-state index >= 15 is 0 Å². The molecule has 33 heavy (non-hydrogen) atoms. The quantitative estimate of drug-likeness (QED) is 0.153. The molecule has 0 bridgehead atoms. The second kappa shape index (κ2) is 9.76. The van der Waals surface area contributed by atoms with E-state index in [0.717, 1.165) is 6.08 Å². The van der Waals surface area contributed by atoms with E-state index in [2.05, 4.69) is 11.6 Å². The maximum absolute atomic E-state index is 14.2. The van der Waals surface area contributed by atoms with Gasteiger partial charge in [0.15, 0.2) is 0 Å². The molecule has 1 heterocycles. The van der Waals surface area contributed by atoms with Crippen molar-refractivity contribution in [3.8, 4) is 5.88 Å². The predicted octanol–water partition coefficient (Wildman–Crippen LogP) is 6.16. The van der Waals surface area contributed by atoms with E-state index in [0.29, 0.717) is 37.5 Å². The summed E-state index contributed by atoms with van der Waals surface area (Å²) in [6.07, 6.45) is -4.39. The summed E-state index contributed by atoms with van der Waals surface area (Å²) in [5.41, 5.74) is 1.11. The monoisotopic (exact) mass is 498 g/mol. The molecule has 2 N–H and O–H groups in total. The summed E-state index contributed by atoms with van der Waals surface area (Å²) in [5, 5.41) is -0.687. The molecule has 0 radical (unpaired) electrons. The Labute approximate surface area is 191 Å². The van der Waals surface area contributed by atoms with Gasteiger partial charge in [-0.15, -0.1) is 6.58 Å². The molecule has 2 amide bonds. The van der Waals surface area contributed by atoms with Gasteiger partial charge < -0.3 is 10.5 Å². The van der Waals surface area contributed by atoms with Gasteiger partial charge in [-0.3, -0.25) is 0 Å². The zero-order valence-electron chi connectivity index (χ0n) is 17.6. The lowest BCUT2D eigenvalue weighted by Gasteiger charge is -2.39. The fourth-order valence-electron chi connectivity index (χ4n) is 3.35. The predicted molar refractivity (Wildman–Crippen MR) is 110 cm³/mol. The number of aromatic nitrogens is 1. The van der Waals surface area contributed by atoms with Gasteiger partial charge >= 0.3 is 18.4 Å². The molecule has 1 aliphatic carbocycles. The number of carbonyl (C=O) groups is 1. The lowest BCUT2D eigenvalue weighted by molar-refractivity contribution is -0.792. The van der Waals surface area contributed by atoms with Gasteiger partial charge in [-0.2, -0.15) is 26.3 Å². The Bertz CT molecular complexity index is 960. The van der Waals surface area contributed by atoms with Crippen LogP contribution in [0.4, 0.5) is 31.1 Å². The molecule has 0 spiro atoms. The number of unbranched alkanes of at least 4 members (excludes halogenated alkanes) is 2. The molecule has 1 aromatic rings. The molecule has 2 atom stereocenters. The number of pyridine rings is 1. The minimum atomic E-state index is -5.07. The van der Waals surface area contributed by atoms with Crippen LogP contribution in [0.25, 0.3) is 0 Å². The number of halogens is 7. The number of rotatable bonds is 8. The van der Waals surface area contributed by atoms with Gasteiger partial charge in [0.25, 0.3) is 0 Å². The molecule has 2 unspecified atom stereocenters. The highest BCUT2D eigenvalue weighted by molar-refractivity contribution is 6.29. The third-order valence-electron chi connectivity index (χ3n) is 5.35. The normalized spacial score (nSPS) is 20.7. The van der Waals surface area contributed by atoms with Gasteiger partial charge in [0.05, 0.1) is 25.6 Å². The Morgan fingerprint density at radius 1 is 1.30 bits per heavy atom. The van der Waals surface area contributed by atoms with Crippen LogP contribution in [0.2, 0.25) is 5.15 Å². The number of nitrogens with two attached hydrogens (primary N) is 1. The number of alkyl halides is 6. The van der Waals surface area contributed by atoms with E-state index in [1.165, 1.54) is 13.1 Å². The van der Waals surface area contributed by atoms with Gasteiger partial charge in [-0.25, -0.2) is 14.3 Å². The molecule has 0 fully saturated rings. The average molecular weight is 499 g/mol. The van der Waals surface area contributed by atoms with Crippen LogP contribution in [0.15, 0.2) is 48.7 Å². The van der Waals surface area contributed by atoms with Crippen molar-refractivity contribution in [2.75, 3.05) is 13.6 Å². The number of hydrogen-bond donors (Lipinski definition) is 1. The van der Waals surface area contributed by atoms with Gasteiger partial charge in [-0.05, 0) is 37.5 Å². The Hall–Kier alpha value is -2.53. The number of carbonyl (C=O) groups excluding carboxylic acids is 1. The maximum Gasteiger partial charge on any atom is 0.432 e. The molecule has 1 aromatic heterocycles. The Kier molecular flexibility index (Phi) is 7.90. The smallest absolute Gasteiger partial charge is 0.432 e. The molecule has 5 nitrogen and oxygen atoms in total. The van der Waals surface area contributed by atoms with Crippen molar-refractivity contribution in [1.29, 1.82) is 0 Å². The molecule has 182 valence electrons. The fraction of sp³-hybridized carbons (Fsp3) is 0.429. The van der Waals surface area contributed by atoms with Crippen LogP contribution in [-0.2, 0) is 6.18 Å². The third-order valence-corrected chi connectivity index (χ3v) is 5.54. The van der Waals surface area contributed by atoms with Crippen LogP contribution in [0.1, 0.15) is 31.2 Å². The first-order valence-corrected chi connectivity index (χ1v) is 10.2. The highest BCUT2D eigenvalue weighted by Crippen LogP contribution is 2.44. The topological polar surface area (TPSA) is 65.2 Å².